The monoisotopic (exact) mass is 186 g/mol. The molecule has 1 aromatic heterocycles. The first-order chi connectivity index (χ1) is 6.79. The van der Waals surface area contributed by atoms with E-state index < -0.39 is 0 Å². The normalized spacial score (nSPS) is 33.3. The van der Waals surface area contributed by atoms with Crippen LogP contribution in [0.1, 0.15) is 19.4 Å². The molecule has 0 saturated carbocycles. The van der Waals surface area contributed by atoms with Crippen LogP contribution in [0.15, 0.2) is 24.4 Å². The highest BCUT2D eigenvalue weighted by molar-refractivity contribution is 5.69. The molecule has 2 bridgehead atoms. The predicted molar refractivity (Wildman–Crippen MR) is 58.2 cm³/mol. The molecule has 0 spiro atoms. The molecule has 2 heteroatoms. The number of aromatic nitrogens is 1. The maximum absolute atomic E-state index is 4.47. The van der Waals surface area contributed by atoms with Crippen molar-refractivity contribution in [3.63, 3.8) is 0 Å². The Hall–Kier alpha value is -1.31. The second-order valence-corrected chi connectivity index (χ2v) is 4.24. The van der Waals surface area contributed by atoms with E-state index in [2.05, 4.69) is 41.9 Å². The van der Waals surface area contributed by atoms with E-state index in [1.165, 1.54) is 5.56 Å². The van der Waals surface area contributed by atoms with Crippen molar-refractivity contribution in [2.24, 2.45) is 5.92 Å². The molecule has 1 aromatic rings. The summed E-state index contributed by atoms with van der Waals surface area (Å²) in [4.78, 5) is 6.89. The van der Waals surface area contributed by atoms with Gasteiger partial charge in [0.25, 0.3) is 0 Å². The summed E-state index contributed by atoms with van der Waals surface area (Å²) in [5, 5.41) is 0. The summed E-state index contributed by atoms with van der Waals surface area (Å²) in [7, 11) is 0. The minimum absolute atomic E-state index is 0.609. The number of hydrogen-bond acceptors (Lipinski definition) is 2. The third-order valence-corrected chi connectivity index (χ3v) is 3.55. The molecule has 0 N–H and O–H groups in total. The van der Waals surface area contributed by atoms with Gasteiger partial charge in [0, 0.05) is 29.8 Å². The van der Waals surface area contributed by atoms with Crippen LogP contribution in [0.4, 0.5) is 5.82 Å². The second kappa shape index (κ2) is 2.59. The number of pyridine rings is 1. The summed E-state index contributed by atoms with van der Waals surface area (Å²) >= 11 is 0. The smallest absolute Gasteiger partial charge is 0.136 e. The molecule has 4 rings (SSSR count). The van der Waals surface area contributed by atoms with Crippen molar-refractivity contribution in [1.82, 2.24) is 4.98 Å². The van der Waals surface area contributed by atoms with Gasteiger partial charge in [0.15, 0.2) is 0 Å². The molecular formula is C12H14N2. The molecule has 14 heavy (non-hydrogen) atoms. The molecule has 2 nitrogen and oxygen atoms in total. The van der Waals surface area contributed by atoms with Crippen LogP contribution >= 0.6 is 0 Å². The summed E-state index contributed by atoms with van der Waals surface area (Å²) in [6.45, 7) is 4.55. The first-order valence-corrected chi connectivity index (χ1v) is 5.20. The summed E-state index contributed by atoms with van der Waals surface area (Å²) < 4.78 is 0. The molecule has 0 aliphatic carbocycles. The Kier molecular flexibility index (Phi) is 1.49. The van der Waals surface area contributed by atoms with E-state index in [0.29, 0.717) is 18.0 Å². The van der Waals surface area contributed by atoms with Crippen molar-refractivity contribution < 1.29 is 0 Å². The molecule has 3 aliphatic heterocycles. The topological polar surface area (TPSA) is 16.1 Å². The van der Waals surface area contributed by atoms with Crippen molar-refractivity contribution >= 4 is 11.9 Å². The second-order valence-electron chi connectivity index (χ2n) is 4.24. The summed E-state index contributed by atoms with van der Waals surface area (Å²) in [6.07, 6.45) is 6.43. The van der Waals surface area contributed by atoms with Crippen LogP contribution in [0.5, 0.6) is 0 Å². The van der Waals surface area contributed by atoms with Crippen molar-refractivity contribution in [1.29, 1.82) is 0 Å². The lowest BCUT2D eigenvalue weighted by Gasteiger charge is -2.51. The summed E-state index contributed by atoms with van der Waals surface area (Å²) in [6, 6.07) is 5.36. The van der Waals surface area contributed by atoms with Crippen molar-refractivity contribution in [3.8, 4) is 0 Å². The molecule has 0 aromatic carbocycles. The van der Waals surface area contributed by atoms with E-state index in [9.17, 15) is 0 Å². The zero-order chi connectivity index (χ0) is 9.71. The standard InChI is InChI=1S/C12H14N2/c1-8-11-6-5-10-4-3-7-13-12(10)14(8)9(11)2/h3-9,11H,1-2H3. The highest BCUT2D eigenvalue weighted by atomic mass is 15.3. The first-order valence-electron chi connectivity index (χ1n) is 5.20. The highest BCUT2D eigenvalue weighted by Crippen LogP contribution is 2.41. The average molecular weight is 186 g/mol. The molecule has 2 unspecified atom stereocenters. The minimum atomic E-state index is 0.609. The van der Waals surface area contributed by atoms with Gasteiger partial charge in [-0.1, -0.05) is 12.2 Å². The number of rotatable bonds is 0. The number of hydrogen-bond donors (Lipinski definition) is 0. The highest BCUT2D eigenvalue weighted by Gasteiger charge is 2.43. The van der Waals surface area contributed by atoms with Crippen molar-refractivity contribution in [3.05, 3.63) is 30.0 Å². The molecule has 72 valence electrons. The SMILES string of the molecule is CC1C2C=Cc3cccnc3N1C2C. The number of nitrogens with zero attached hydrogens (tertiary/aromatic N) is 2. The largest absolute Gasteiger partial charge is 0.349 e. The maximum atomic E-state index is 4.47. The van der Waals surface area contributed by atoms with Crippen LogP contribution in [0.2, 0.25) is 0 Å². The fraction of sp³-hybridized carbons (Fsp3) is 0.417. The van der Waals surface area contributed by atoms with E-state index >= 15 is 0 Å². The Bertz CT molecular complexity index is 387. The van der Waals surface area contributed by atoms with Crippen LogP contribution < -0.4 is 4.90 Å². The van der Waals surface area contributed by atoms with Crippen molar-refractivity contribution in [2.75, 3.05) is 4.90 Å². The van der Waals surface area contributed by atoms with E-state index in [-0.39, 0.29) is 0 Å². The molecule has 1 saturated heterocycles. The quantitative estimate of drug-likeness (QED) is 0.618. The molecular weight excluding hydrogens is 172 g/mol. The lowest BCUT2D eigenvalue weighted by Crippen LogP contribution is -2.60. The van der Waals surface area contributed by atoms with Crippen LogP contribution in [0.3, 0.4) is 0 Å². The summed E-state index contributed by atoms with van der Waals surface area (Å²) in [5.74, 6) is 1.85. The molecule has 0 amide bonds. The van der Waals surface area contributed by atoms with Gasteiger partial charge >= 0.3 is 0 Å². The van der Waals surface area contributed by atoms with Crippen molar-refractivity contribution in [2.45, 2.75) is 25.9 Å². The van der Waals surface area contributed by atoms with Crippen LogP contribution in [0.25, 0.3) is 6.08 Å². The molecule has 4 heterocycles. The van der Waals surface area contributed by atoms with E-state index in [0.717, 1.165) is 5.82 Å². The lowest BCUT2D eigenvalue weighted by molar-refractivity contribution is 0.287. The molecule has 1 fully saturated rings. The van der Waals surface area contributed by atoms with E-state index in [1.54, 1.807) is 0 Å². The third kappa shape index (κ3) is 0.834. The van der Waals surface area contributed by atoms with Gasteiger partial charge < -0.3 is 4.90 Å². The zero-order valence-corrected chi connectivity index (χ0v) is 8.51. The maximum Gasteiger partial charge on any atom is 0.136 e. The Morgan fingerprint density at radius 1 is 1.29 bits per heavy atom. The van der Waals surface area contributed by atoms with Gasteiger partial charge in [-0.15, -0.1) is 0 Å². The lowest BCUT2D eigenvalue weighted by atomic mass is 9.82. The first kappa shape index (κ1) is 8.04. The van der Waals surface area contributed by atoms with Gasteiger partial charge in [-0.05, 0) is 26.0 Å². The Labute approximate surface area is 84.3 Å². The van der Waals surface area contributed by atoms with Crippen LogP contribution in [0, 0.1) is 5.92 Å². The minimum Gasteiger partial charge on any atom is -0.349 e. The summed E-state index contributed by atoms with van der Waals surface area (Å²) in [5.41, 5.74) is 1.26. The van der Waals surface area contributed by atoms with Crippen LogP contribution in [-0.2, 0) is 0 Å². The fourth-order valence-corrected chi connectivity index (χ4v) is 2.72. The zero-order valence-electron chi connectivity index (χ0n) is 8.51. The number of anilines is 1. The molecule has 3 aliphatic rings. The molecule has 2 atom stereocenters. The van der Waals surface area contributed by atoms with Gasteiger partial charge in [-0.2, -0.15) is 0 Å². The van der Waals surface area contributed by atoms with Gasteiger partial charge in [0.1, 0.15) is 5.82 Å². The molecule has 0 radical (unpaired) electrons. The van der Waals surface area contributed by atoms with E-state index in [1.807, 2.05) is 12.3 Å². The van der Waals surface area contributed by atoms with Gasteiger partial charge in [-0.3, -0.25) is 0 Å². The average Bonchev–Trinajstić information content (AvgIpc) is 2.44. The van der Waals surface area contributed by atoms with Crippen LogP contribution in [-0.4, -0.2) is 17.1 Å². The van der Waals surface area contributed by atoms with Gasteiger partial charge in [-0.25, -0.2) is 4.98 Å². The fourth-order valence-electron chi connectivity index (χ4n) is 2.72. The van der Waals surface area contributed by atoms with E-state index in [4.69, 9.17) is 0 Å². The Morgan fingerprint density at radius 2 is 2.07 bits per heavy atom. The Morgan fingerprint density at radius 3 is 2.86 bits per heavy atom. The Balaban J connectivity index is 2.17. The third-order valence-electron chi connectivity index (χ3n) is 3.55. The van der Waals surface area contributed by atoms with Gasteiger partial charge in [0.05, 0.1) is 0 Å². The predicted octanol–water partition coefficient (Wildman–Crippen LogP) is 2.32. The van der Waals surface area contributed by atoms with Gasteiger partial charge in [0.2, 0.25) is 0 Å².